The zero-order chi connectivity index (χ0) is 16.3. The first kappa shape index (κ1) is 15.6. The van der Waals surface area contributed by atoms with Crippen LogP contribution in [0.2, 0.25) is 5.02 Å². The first-order valence-corrected chi connectivity index (χ1v) is 8.89. The van der Waals surface area contributed by atoms with Crippen LogP contribution in [0.15, 0.2) is 60.9 Å². The van der Waals surface area contributed by atoms with Crippen molar-refractivity contribution in [3.05, 3.63) is 65.9 Å². The van der Waals surface area contributed by atoms with Crippen molar-refractivity contribution in [1.29, 1.82) is 0 Å². The van der Waals surface area contributed by atoms with E-state index >= 15 is 0 Å². The Hall–Kier alpha value is -2.31. The molecule has 7 heteroatoms. The molecule has 23 heavy (non-hydrogen) atoms. The van der Waals surface area contributed by atoms with Crippen LogP contribution in [0.5, 0.6) is 0 Å². The number of nitrogens with one attached hydrogen (secondary N) is 2. The standard InChI is InChI=1S/C16H14ClN3O2S/c17-14-2-1-3-15(9-14)19-11-23(21,22)20-16-5-4-13-10-18-7-6-12(13)8-16/h1-10,19-20H,11H2. The molecular formula is C16H14ClN3O2S. The van der Waals surface area contributed by atoms with Gasteiger partial charge in [0.15, 0.2) is 0 Å². The molecule has 0 aliphatic heterocycles. The average Bonchev–Trinajstić information content (AvgIpc) is 2.53. The first-order chi connectivity index (χ1) is 11.0. The Balaban J connectivity index is 1.72. The predicted octanol–water partition coefficient (Wildman–Crippen LogP) is 3.70. The third-order valence-corrected chi connectivity index (χ3v) is 4.51. The highest BCUT2D eigenvalue weighted by Gasteiger charge is 2.10. The Morgan fingerprint density at radius 3 is 2.70 bits per heavy atom. The van der Waals surface area contributed by atoms with E-state index in [4.69, 9.17) is 11.6 Å². The van der Waals surface area contributed by atoms with Crippen molar-refractivity contribution in [2.24, 2.45) is 0 Å². The molecule has 118 valence electrons. The van der Waals surface area contributed by atoms with Crippen LogP contribution in [-0.4, -0.2) is 19.3 Å². The van der Waals surface area contributed by atoms with Gasteiger partial charge in [-0.3, -0.25) is 9.71 Å². The van der Waals surface area contributed by atoms with Crippen molar-refractivity contribution in [1.82, 2.24) is 4.98 Å². The summed E-state index contributed by atoms with van der Waals surface area (Å²) >= 11 is 5.87. The summed E-state index contributed by atoms with van der Waals surface area (Å²) in [7, 11) is -3.53. The number of hydrogen-bond acceptors (Lipinski definition) is 4. The maximum absolute atomic E-state index is 12.2. The predicted molar refractivity (Wildman–Crippen MR) is 94.2 cm³/mol. The highest BCUT2D eigenvalue weighted by atomic mass is 35.5. The molecule has 1 heterocycles. The van der Waals surface area contributed by atoms with E-state index < -0.39 is 10.0 Å². The van der Waals surface area contributed by atoms with Crippen molar-refractivity contribution in [2.75, 3.05) is 15.9 Å². The molecule has 0 spiro atoms. The average molecular weight is 348 g/mol. The fourth-order valence-corrected chi connectivity index (χ4v) is 3.24. The van der Waals surface area contributed by atoms with Gasteiger partial charge >= 0.3 is 0 Å². The lowest BCUT2D eigenvalue weighted by Gasteiger charge is -2.11. The van der Waals surface area contributed by atoms with Crippen LogP contribution in [0.25, 0.3) is 10.8 Å². The van der Waals surface area contributed by atoms with Gasteiger partial charge in [-0.2, -0.15) is 0 Å². The number of anilines is 2. The number of halogens is 1. The number of rotatable bonds is 5. The van der Waals surface area contributed by atoms with Gasteiger partial charge in [-0.1, -0.05) is 23.7 Å². The van der Waals surface area contributed by atoms with Crippen LogP contribution in [0.3, 0.4) is 0 Å². The Morgan fingerprint density at radius 2 is 1.87 bits per heavy atom. The maximum Gasteiger partial charge on any atom is 0.250 e. The van der Waals surface area contributed by atoms with Crippen LogP contribution in [0.1, 0.15) is 0 Å². The van der Waals surface area contributed by atoms with E-state index in [9.17, 15) is 8.42 Å². The van der Waals surface area contributed by atoms with Crippen molar-refractivity contribution in [2.45, 2.75) is 0 Å². The lowest BCUT2D eigenvalue weighted by Crippen LogP contribution is -2.22. The zero-order valence-electron chi connectivity index (χ0n) is 12.0. The largest absolute Gasteiger partial charge is 0.370 e. The Kier molecular flexibility index (Phi) is 4.36. The van der Waals surface area contributed by atoms with E-state index in [1.165, 1.54) is 0 Å². The van der Waals surface area contributed by atoms with Gasteiger partial charge in [-0.05, 0) is 41.8 Å². The van der Waals surface area contributed by atoms with Crippen molar-refractivity contribution in [3.63, 3.8) is 0 Å². The number of hydrogen-bond donors (Lipinski definition) is 2. The number of aromatic nitrogens is 1. The van der Waals surface area contributed by atoms with Crippen LogP contribution in [-0.2, 0) is 10.0 Å². The second kappa shape index (κ2) is 6.44. The highest BCUT2D eigenvalue weighted by molar-refractivity contribution is 7.92. The molecule has 0 fully saturated rings. The van der Waals surface area contributed by atoms with Gasteiger partial charge in [0.05, 0.1) is 0 Å². The number of pyridine rings is 1. The van der Waals surface area contributed by atoms with Crippen molar-refractivity contribution >= 4 is 43.8 Å². The van der Waals surface area contributed by atoms with Crippen LogP contribution in [0.4, 0.5) is 11.4 Å². The molecule has 1 aromatic heterocycles. The summed E-state index contributed by atoms with van der Waals surface area (Å²) in [6.45, 7) is 0. The Labute approximate surface area is 139 Å². The van der Waals surface area contributed by atoms with Gasteiger partial charge < -0.3 is 5.32 Å². The molecule has 5 nitrogen and oxygen atoms in total. The summed E-state index contributed by atoms with van der Waals surface area (Å²) in [4.78, 5) is 4.03. The van der Waals surface area contributed by atoms with Gasteiger partial charge in [0, 0.05) is 34.2 Å². The summed E-state index contributed by atoms with van der Waals surface area (Å²) in [5, 5.41) is 5.25. The third kappa shape index (κ3) is 4.12. The summed E-state index contributed by atoms with van der Waals surface area (Å²) in [6.07, 6.45) is 3.40. The van der Waals surface area contributed by atoms with E-state index in [0.29, 0.717) is 16.4 Å². The van der Waals surface area contributed by atoms with E-state index in [2.05, 4.69) is 15.0 Å². The fraction of sp³-hybridized carbons (Fsp3) is 0.0625. The molecular weight excluding hydrogens is 334 g/mol. The molecule has 0 atom stereocenters. The lowest BCUT2D eigenvalue weighted by atomic mass is 10.2. The van der Waals surface area contributed by atoms with Gasteiger partial charge in [0.2, 0.25) is 0 Å². The van der Waals surface area contributed by atoms with E-state index in [-0.39, 0.29) is 5.88 Å². The van der Waals surface area contributed by atoms with Crippen molar-refractivity contribution < 1.29 is 8.42 Å². The van der Waals surface area contributed by atoms with Gasteiger partial charge in [0.1, 0.15) is 5.88 Å². The summed E-state index contributed by atoms with van der Waals surface area (Å²) in [6, 6.07) is 14.0. The molecule has 0 amide bonds. The molecule has 0 bridgehead atoms. The van der Waals surface area contributed by atoms with E-state index in [1.807, 2.05) is 12.1 Å². The van der Waals surface area contributed by atoms with E-state index in [1.54, 1.807) is 48.8 Å². The van der Waals surface area contributed by atoms with Gasteiger partial charge in [0.25, 0.3) is 10.0 Å². The zero-order valence-corrected chi connectivity index (χ0v) is 13.6. The molecule has 0 saturated heterocycles. The number of sulfonamides is 1. The van der Waals surface area contributed by atoms with Crippen LogP contribution >= 0.6 is 11.6 Å². The molecule has 0 saturated carbocycles. The molecule has 2 N–H and O–H groups in total. The molecule has 0 aliphatic carbocycles. The molecule has 0 radical (unpaired) electrons. The fourth-order valence-electron chi connectivity index (χ4n) is 2.14. The Morgan fingerprint density at radius 1 is 1.00 bits per heavy atom. The maximum atomic E-state index is 12.2. The highest BCUT2D eigenvalue weighted by Crippen LogP contribution is 2.19. The lowest BCUT2D eigenvalue weighted by molar-refractivity contribution is 0.603. The number of nitrogens with zero attached hydrogens (tertiary/aromatic N) is 1. The second-order valence-electron chi connectivity index (χ2n) is 4.99. The molecule has 0 unspecified atom stereocenters. The molecule has 2 aromatic carbocycles. The summed E-state index contributed by atoms with van der Waals surface area (Å²) < 4.78 is 26.9. The van der Waals surface area contributed by atoms with Crippen molar-refractivity contribution in [3.8, 4) is 0 Å². The quantitative estimate of drug-likeness (QED) is 0.738. The molecule has 3 rings (SSSR count). The SMILES string of the molecule is O=S(=O)(CNc1cccc(Cl)c1)Nc1ccc2cnccc2c1. The monoisotopic (exact) mass is 347 g/mol. The molecule has 3 aromatic rings. The molecule has 0 aliphatic rings. The minimum Gasteiger partial charge on any atom is -0.370 e. The number of benzene rings is 2. The smallest absolute Gasteiger partial charge is 0.250 e. The second-order valence-corrected chi connectivity index (χ2v) is 7.14. The minimum atomic E-state index is -3.53. The van der Waals surface area contributed by atoms with Crippen LogP contribution in [0, 0.1) is 0 Å². The normalized spacial score (nSPS) is 11.3. The first-order valence-electron chi connectivity index (χ1n) is 6.86. The Bertz CT molecular complexity index is 945. The number of fused-ring (bicyclic) bond motifs is 1. The summed E-state index contributed by atoms with van der Waals surface area (Å²) in [5.74, 6) is -0.248. The minimum absolute atomic E-state index is 0.248. The van der Waals surface area contributed by atoms with Gasteiger partial charge in [-0.25, -0.2) is 8.42 Å². The third-order valence-electron chi connectivity index (χ3n) is 3.20. The van der Waals surface area contributed by atoms with Gasteiger partial charge in [-0.15, -0.1) is 0 Å². The summed E-state index contributed by atoms with van der Waals surface area (Å²) in [5.41, 5.74) is 1.16. The topological polar surface area (TPSA) is 71.1 Å². The van der Waals surface area contributed by atoms with Crippen LogP contribution < -0.4 is 10.0 Å². The van der Waals surface area contributed by atoms with E-state index in [0.717, 1.165) is 10.8 Å².